The Morgan fingerprint density at radius 1 is 1.09 bits per heavy atom. The lowest BCUT2D eigenvalue weighted by Gasteiger charge is -2.27. The first-order valence-corrected chi connectivity index (χ1v) is 4.25. The smallest absolute Gasteiger partial charge is 0.0543 e. The summed E-state index contributed by atoms with van der Waals surface area (Å²) in [5, 5.41) is 12.7. The second kappa shape index (κ2) is 3.74. The molecule has 1 saturated heterocycles. The third kappa shape index (κ3) is 1.86. The number of halogens is 1. The van der Waals surface area contributed by atoms with Crippen molar-refractivity contribution in [3.05, 3.63) is 0 Å². The first kappa shape index (κ1) is 9.30. The molecular weight excluding hydrogens is 162 g/mol. The molecule has 1 aliphatic heterocycles. The van der Waals surface area contributed by atoms with Crippen molar-refractivity contribution in [1.29, 1.82) is 0 Å². The zero-order chi connectivity index (χ0) is 6.97. The molecule has 1 aliphatic carbocycles. The fourth-order valence-electron chi connectivity index (χ4n) is 2.27. The topological polar surface area (TPSA) is 32.3 Å². The largest absolute Gasteiger partial charge is 0.393 e. The molecule has 2 rings (SSSR count). The predicted octanol–water partition coefficient (Wildman–Crippen LogP) is 0.789. The molecule has 66 valence electrons. The van der Waals surface area contributed by atoms with Gasteiger partial charge in [0.05, 0.1) is 6.10 Å². The predicted molar refractivity (Wildman–Crippen MR) is 47.0 cm³/mol. The molecule has 0 aromatic carbocycles. The number of hydrogen-bond acceptors (Lipinski definition) is 2. The van der Waals surface area contributed by atoms with Gasteiger partial charge >= 0.3 is 0 Å². The molecule has 0 radical (unpaired) electrons. The highest BCUT2D eigenvalue weighted by molar-refractivity contribution is 5.85. The van der Waals surface area contributed by atoms with Gasteiger partial charge in [0.1, 0.15) is 0 Å². The van der Waals surface area contributed by atoms with E-state index in [0.717, 1.165) is 31.2 Å². The van der Waals surface area contributed by atoms with E-state index in [9.17, 15) is 5.11 Å². The summed E-state index contributed by atoms with van der Waals surface area (Å²) in [5.41, 5.74) is 0. The molecule has 2 aliphatic rings. The molecule has 2 fully saturated rings. The maximum absolute atomic E-state index is 9.33. The molecule has 3 heteroatoms. The fraction of sp³-hybridized carbons (Fsp3) is 1.00. The number of aliphatic hydroxyl groups excluding tert-OH is 1. The van der Waals surface area contributed by atoms with Crippen LogP contribution in [-0.2, 0) is 0 Å². The number of aliphatic hydroxyl groups is 1. The Bertz CT molecular complexity index is 131. The minimum Gasteiger partial charge on any atom is -0.393 e. The van der Waals surface area contributed by atoms with Crippen molar-refractivity contribution < 1.29 is 5.11 Å². The zero-order valence-corrected chi connectivity index (χ0v) is 7.44. The minimum atomic E-state index is 0. The van der Waals surface area contributed by atoms with E-state index in [0.29, 0.717) is 0 Å². The molecule has 11 heavy (non-hydrogen) atoms. The molecule has 0 unspecified atom stereocenters. The average molecular weight is 178 g/mol. The van der Waals surface area contributed by atoms with Crippen molar-refractivity contribution in [3.63, 3.8) is 0 Å². The molecule has 3 atom stereocenters. The zero-order valence-electron chi connectivity index (χ0n) is 6.62. The van der Waals surface area contributed by atoms with Crippen LogP contribution in [0.1, 0.15) is 19.3 Å². The van der Waals surface area contributed by atoms with Gasteiger partial charge in [-0.2, -0.15) is 0 Å². The van der Waals surface area contributed by atoms with Crippen molar-refractivity contribution >= 4 is 12.4 Å². The van der Waals surface area contributed by atoms with Gasteiger partial charge in [-0.05, 0) is 44.2 Å². The third-order valence-corrected chi connectivity index (χ3v) is 2.93. The van der Waals surface area contributed by atoms with Crippen LogP contribution in [0.15, 0.2) is 0 Å². The van der Waals surface area contributed by atoms with Crippen LogP contribution in [0.3, 0.4) is 0 Å². The third-order valence-electron chi connectivity index (χ3n) is 2.93. The molecule has 2 N–H and O–H groups in total. The van der Waals surface area contributed by atoms with Gasteiger partial charge in [0.25, 0.3) is 0 Å². The Morgan fingerprint density at radius 3 is 2.64 bits per heavy atom. The van der Waals surface area contributed by atoms with Crippen molar-refractivity contribution in [2.45, 2.75) is 25.4 Å². The van der Waals surface area contributed by atoms with E-state index in [-0.39, 0.29) is 18.5 Å². The molecule has 0 aromatic heterocycles. The number of fused-ring (bicyclic) bond motifs is 1. The van der Waals surface area contributed by atoms with Gasteiger partial charge in [-0.1, -0.05) is 0 Å². The van der Waals surface area contributed by atoms with E-state index in [1.807, 2.05) is 0 Å². The monoisotopic (exact) mass is 177 g/mol. The summed E-state index contributed by atoms with van der Waals surface area (Å²) in [6.45, 7) is 2.33. The number of rotatable bonds is 0. The summed E-state index contributed by atoms with van der Waals surface area (Å²) >= 11 is 0. The molecule has 0 spiro atoms. The van der Waals surface area contributed by atoms with Gasteiger partial charge in [-0.3, -0.25) is 0 Å². The van der Waals surface area contributed by atoms with E-state index in [4.69, 9.17) is 0 Å². The van der Waals surface area contributed by atoms with Crippen molar-refractivity contribution in [1.82, 2.24) is 5.32 Å². The Labute approximate surface area is 73.8 Å². The van der Waals surface area contributed by atoms with Crippen LogP contribution < -0.4 is 5.32 Å². The van der Waals surface area contributed by atoms with Gasteiger partial charge in [-0.15, -0.1) is 12.4 Å². The number of hydrogen-bond donors (Lipinski definition) is 2. The summed E-state index contributed by atoms with van der Waals surface area (Å²) < 4.78 is 0. The van der Waals surface area contributed by atoms with Gasteiger partial charge in [0, 0.05) is 0 Å². The molecular formula is C8H16ClNO. The van der Waals surface area contributed by atoms with Crippen LogP contribution >= 0.6 is 12.4 Å². The summed E-state index contributed by atoms with van der Waals surface area (Å²) in [6, 6.07) is 0. The van der Waals surface area contributed by atoms with E-state index in [1.54, 1.807) is 0 Å². The fourth-order valence-corrected chi connectivity index (χ4v) is 2.27. The van der Waals surface area contributed by atoms with Gasteiger partial charge in [-0.25, -0.2) is 0 Å². The van der Waals surface area contributed by atoms with Crippen molar-refractivity contribution in [2.24, 2.45) is 11.8 Å². The minimum absolute atomic E-state index is 0. The standard InChI is InChI=1S/C8H15NO.ClH/c10-8-2-1-6-4-9-5-7(6)3-8;/h6-10H,1-5H2;1H/t6-,7-,8-;/m1./s1. The highest BCUT2D eigenvalue weighted by atomic mass is 35.5. The molecule has 1 saturated carbocycles. The van der Waals surface area contributed by atoms with Gasteiger partial charge in [0.2, 0.25) is 0 Å². The highest BCUT2D eigenvalue weighted by Crippen LogP contribution is 2.32. The second-order valence-electron chi connectivity index (χ2n) is 3.65. The molecule has 0 amide bonds. The van der Waals surface area contributed by atoms with Crippen LogP contribution in [-0.4, -0.2) is 24.3 Å². The molecule has 1 heterocycles. The maximum atomic E-state index is 9.33. The summed E-state index contributed by atoms with van der Waals surface area (Å²) in [6.07, 6.45) is 3.31. The van der Waals surface area contributed by atoms with E-state index >= 15 is 0 Å². The van der Waals surface area contributed by atoms with Crippen molar-refractivity contribution in [3.8, 4) is 0 Å². The Balaban J connectivity index is 0.000000605. The van der Waals surface area contributed by atoms with Crippen LogP contribution in [0, 0.1) is 11.8 Å². The van der Waals surface area contributed by atoms with Crippen LogP contribution in [0.5, 0.6) is 0 Å². The molecule has 0 bridgehead atoms. The Hall–Kier alpha value is 0.210. The SMILES string of the molecule is Cl.O[C@@H]1CC[C@@H]2CNC[C@H]2C1. The molecule has 2 nitrogen and oxygen atoms in total. The first-order chi connectivity index (χ1) is 4.86. The van der Waals surface area contributed by atoms with E-state index in [2.05, 4.69) is 5.32 Å². The Kier molecular flexibility index (Phi) is 3.16. The number of nitrogens with one attached hydrogen (secondary N) is 1. The van der Waals surface area contributed by atoms with Gasteiger partial charge in [0.15, 0.2) is 0 Å². The van der Waals surface area contributed by atoms with E-state index < -0.39 is 0 Å². The normalized spacial score (nSPS) is 42.8. The summed E-state index contributed by atoms with van der Waals surface area (Å²) in [7, 11) is 0. The van der Waals surface area contributed by atoms with Crippen molar-refractivity contribution in [2.75, 3.05) is 13.1 Å². The summed E-state index contributed by atoms with van der Waals surface area (Å²) in [4.78, 5) is 0. The van der Waals surface area contributed by atoms with Crippen LogP contribution in [0.2, 0.25) is 0 Å². The Morgan fingerprint density at radius 2 is 1.82 bits per heavy atom. The first-order valence-electron chi connectivity index (χ1n) is 4.25. The van der Waals surface area contributed by atoms with Crippen LogP contribution in [0.4, 0.5) is 0 Å². The van der Waals surface area contributed by atoms with Gasteiger partial charge < -0.3 is 10.4 Å². The average Bonchev–Trinajstić information content (AvgIpc) is 2.33. The highest BCUT2D eigenvalue weighted by Gasteiger charge is 2.32. The lowest BCUT2D eigenvalue weighted by molar-refractivity contribution is 0.0867. The lowest BCUT2D eigenvalue weighted by atomic mass is 9.80. The quantitative estimate of drug-likeness (QED) is 0.574. The van der Waals surface area contributed by atoms with E-state index in [1.165, 1.54) is 13.0 Å². The summed E-state index contributed by atoms with van der Waals surface area (Å²) in [5.74, 6) is 1.66. The second-order valence-corrected chi connectivity index (χ2v) is 3.65. The molecule has 0 aromatic rings. The maximum Gasteiger partial charge on any atom is 0.0543 e. The lowest BCUT2D eigenvalue weighted by Crippen LogP contribution is -2.26. The van der Waals surface area contributed by atoms with Crippen LogP contribution in [0.25, 0.3) is 0 Å².